The SMILES string of the molecule is CCn1c(SCC(=O)NCc2ccccc2)nnc1[C@H](C)Oc1ccccc1. The Kier molecular flexibility index (Phi) is 7.08. The second kappa shape index (κ2) is 9.94. The number of hydrogen-bond acceptors (Lipinski definition) is 5. The summed E-state index contributed by atoms with van der Waals surface area (Å²) >= 11 is 1.38. The van der Waals surface area contributed by atoms with Crippen molar-refractivity contribution >= 4 is 17.7 Å². The number of aromatic nitrogens is 3. The minimum atomic E-state index is -0.240. The normalized spacial score (nSPS) is 11.8. The van der Waals surface area contributed by atoms with Crippen LogP contribution >= 0.6 is 11.8 Å². The summed E-state index contributed by atoms with van der Waals surface area (Å²) in [4.78, 5) is 12.2. The Morgan fingerprint density at radius 3 is 2.46 bits per heavy atom. The molecule has 0 unspecified atom stereocenters. The van der Waals surface area contributed by atoms with Crippen LogP contribution in [0.1, 0.15) is 31.3 Å². The fraction of sp³-hybridized carbons (Fsp3) is 0.286. The van der Waals surface area contributed by atoms with E-state index in [0.717, 1.165) is 22.3 Å². The summed E-state index contributed by atoms with van der Waals surface area (Å²) in [5.41, 5.74) is 1.08. The molecule has 146 valence electrons. The van der Waals surface area contributed by atoms with Crippen LogP contribution in [0.25, 0.3) is 0 Å². The lowest BCUT2D eigenvalue weighted by molar-refractivity contribution is -0.118. The van der Waals surface area contributed by atoms with E-state index in [1.165, 1.54) is 11.8 Å². The lowest BCUT2D eigenvalue weighted by Crippen LogP contribution is -2.24. The van der Waals surface area contributed by atoms with Gasteiger partial charge in [0.05, 0.1) is 5.75 Å². The number of hydrogen-bond donors (Lipinski definition) is 1. The van der Waals surface area contributed by atoms with E-state index in [1.54, 1.807) is 0 Å². The summed E-state index contributed by atoms with van der Waals surface area (Å²) in [5.74, 6) is 1.79. The largest absolute Gasteiger partial charge is 0.483 e. The summed E-state index contributed by atoms with van der Waals surface area (Å²) in [7, 11) is 0. The molecule has 3 rings (SSSR count). The van der Waals surface area contributed by atoms with E-state index in [1.807, 2.05) is 79.1 Å². The van der Waals surface area contributed by atoms with E-state index in [4.69, 9.17) is 4.74 Å². The first kappa shape index (κ1) is 19.9. The molecule has 3 aromatic rings. The van der Waals surface area contributed by atoms with Crippen molar-refractivity contribution in [3.05, 3.63) is 72.1 Å². The van der Waals surface area contributed by atoms with Crippen LogP contribution in [0.5, 0.6) is 5.75 Å². The van der Waals surface area contributed by atoms with Crippen LogP contribution in [-0.4, -0.2) is 26.4 Å². The predicted molar refractivity (Wildman–Crippen MR) is 110 cm³/mol. The Labute approximate surface area is 169 Å². The van der Waals surface area contributed by atoms with Gasteiger partial charge in [0.2, 0.25) is 5.91 Å². The molecule has 6 nitrogen and oxygen atoms in total. The van der Waals surface area contributed by atoms with Crippen molar-refractivity contribution in [3.8, 4) is 5.75 Å². The molecule has 28 heavy (non-hydrogen) atoms. The van der Waals surface area contributed by atoms with Gasteiger partial charge >= 0.3 is 0 Å². The van der Waals surface area contributed by atoms with Crippen molar-refractivity contribution in [1.82, 2.24) is 20.1 Å². The minimum absolute atomic E-state index is 0.0327. The quantitative estimate of drug-likeness (QED) is 0.557. The van der Waals surface area contributed by atoms with E-state index in [-0.39, 0.29) is 12.0 Å². The van der Waals surface area contributed by atoms with E-state index in [0.29, 0.717) is 18.8 Å². The fourth-order valence-corrected chi connectivity index (χ4v) is 3.58. The number of amides is 1. The smallest absolute Gasteiger partial charge is 0.230 e. The van der Waals surface area contributed by atoms with Crippen molar-refractivity contribution in [1.29, 1.82) is 0 Å². The Hall–Kier alpha value is -2.80. The maximum atomic E-state index is 12.2. The lowest BCUT2D eigenvalue weighted by atomic mass is 10.2. The maximum absolute atomic E-state index is 12.2. The second-order valence-electron chi connectivity index (χ2n) is 6.21. The van der Waals surface area contributed by atoms with Gasteiger partial charge in [0.1, 0.15) is 5.75 Å². The monoisotopic (exact) mass is 396 g/mol. The van der Waals surface area contributed by atoms with Gasteiger partial charge in [-0.3, -0.25) is 4.79 Å². The van der Waals surface area contributed by atoms with Crippen LogP contribution in [0.15, 0.2) is 65.8 Å². The van der Waals surface area contributed by atoms with Crippen LogP contribution in [0.4, 0.5) is 0 Å². The molecular formula is C21H24N4O2S. The molecule has 0 aliphatic carbocycles. The van der Waals surface area contributed by atoms with Crippen molar-refractivity contribution < 1.29 is 9.53 Å². The number of ether oxygens (including phenoxy) is 1. The highest BCUT2D eigenvalue weighted by Gasteiger charge is 2.19. The molecule has 1 atom stereocenters. The van der Waals surface area contributed by atoms with Crippen LogP contribution < -0.4 is 10.1 Å². The Balaban J connectivity index is 1.56. The molecule has 0 aliphatic rings. The molecule has 0 spiro atoms. The van der Waals surface area contributed by atoms with Gasteiger partial charge in [-0.1, -0.05) is 60.3 Å². The zero-order valence-corrected chi connectivity index (χ0v) is 16.9. The highest BCUT2D eigenvalue weighted by Crippen LogP contribution is 2.24. The molecule has 1 N–H and O–H groups in total. The summed E-state index contributed by atoms with van der Waals surface area (Å²) in [6.07, 6.45) is -0.240. The molecule has 1 heterocycles. The molecule has 2 aromatic carbocycles. The van der Waals surface area contributed by atoms with Gasteiger partial charge in [-0.25, -0.2) is 0 Å². The highest BCUT2D eigenvalue weighted by molar-refractivity contribution is 7.99. The number of rotatable bonds is 9. The Morgan fingerprint density at radius 2 is 1.79 bits per heavy atom. The zero-order valence-electron chi connectivity index (χ0n) is 16.0. The Bertz CT molecular complexity index is 884. The minimum Gasteiger partial charge on any atom is -0.483 e. The van der Waals surface area contributed by atoms with Crippen molar-refractivity contribution in [2.45, 2.75) is 38.2 Å². The fourth-order valence-electron chi connectivity index (χ4n) is 2.74. The van der Waals surface area contributed by atoms with Gasteiger partial charge < -0.3 is 14.6 Å². The van der Waals surface area contributed by atoms with Crippen LogP contribution in [0.2, 0.25) is 0 Å². The standard InChI is InChI=1S/C21H24N4O2S/c1-3-25-20(16(2)27-18-12-8-5-9-13-18)23-24-21(25)28-15-19(26)22-14-17-10-6-4-7-11-17/h4-13,16H,3,14-15H2,1-2H3,(H,22,26)/t16-/m0/s1. The van der Waals surface area contributed by atoms with E-state index >= 15 is 0 Å². The van der Waals surface area contributed by atoms with Crippen LogP contribution in [-0.2, 0) is 17.9 Å². The lowest BCUT2D eigenvalue weighted by Gasteiger charge is -2.15. The third-order valence-electron chi connectivity index (χ3n) is 4.15. The number of benzene rings is 2. The molecule has 0 bridgehead atoms. The van der Waals surface area contributed by atoms with Crippen molar-refractivity contribution in [2.75, 3.05) is 5.75 Å². The number of nitrogens with zero attached hydrogens (tertiary/aromatic N) is 3. The first-order valence-corrected chi connectivity index (χ1v) is 10.2. The second-order valence-corrected chi connectivity index (χ2v) is 7.15. The molecular weight excluding hydrogens is 372 g/mol. The van der Waals surface area contributed by atoms with Gasteiger partial charge in [-0.05, 0) is 31.5 Å². The number of nitrogens with one attached hydrogen (secondary N) is 1. The molecule has 0 aliphatic heterocycles. The maximum Gasteiger partial charge on any atom is 0.230 e. The third kappa shape index (κ3) is 5.36. The molecule has 0 saturated carbocycles. The molecule has 7 heteroatoms. The first-order chi connectivity index (χ1) is 13.7. The number of para-hydroxylation sites is 1. The molecule has 0 saturated heterocycles. The number of thioether (sulfide) groups is 1. The molecule has 1 amide bonds. The Morgan fingerprint density at radius 1 is 1.11 bits per heavy atom. The van der Waals surface area contributed by atoms with Gasteiger partial charge in [-0.15, -0.1) is 10.2 Å². The van der Waals surface area contributed by atoms with Gasteiger partial charge in [-0.2, -0.15) is 0 Å². The summed E-state index contributed by atoms with van der Waals surface area (Å²) in [6, 6.07) is 19.5. The van der Waals surface area contributed by atoms with Gasteiger partial charge in [0.15, 0.2) is 17.1 Å². The van der Waals surface area contributed by atoms with Crippen LogP contribution in [0, 0.1) is 0 Å². The van der Waals surface area contributed by atoms with Gasteiger partial charge in [0, 0.05) is 13.1 Å². The molecule has 0 fully saturated rings. The highest BCUT2D eigenvalue weighted by atomic mass is 32.2. The average Bonchev–Trinajstić information content (AvgIpc) is 3.15. The number of carbonyl (C=O) groups is 1. The first-order valence-electron chi connectivity index (χ1n) is 9.25. The van der Waals surface area contributed by atoms with E-state index < -0.39 is 0 Å². The number of carbonyl (C=O) groups excluding carboxylic acids is 1. The van der Waals surface area contributed by atoms with Crippen LogP contribution in [0.3, 0.4) is 0 Å². The van der Waals surface area contributed by atoms with E-state index in [9.17, 15) is 4.79 Å². The predicted octanol–water partition coefficient (Wildman–Crippen LogP) is 3.85. The molecule has 1 aromatic heterocycles. The summed E-state index contributed by atoms with van der Waals surface area (Å²) in [6.45, 7) is 5.21. The summed E-state index contributed by atoms with van der Waals surface area (Å²) in [5, 5.41) is 12.2. The zero-order chi connectivity index (χ0) is 19.8. The van der Waals surface area contributed by atoms with Crippen molar-refractivity contribution in [3.63, 3.8) is 0 Å². The topological polar surface area (TPSA) is 69.0 Å². The summed E-state index contributed by atoms with van der Waals surface area (Å²) < 4.78 is 7.95. The molecule has 0 radical (unpaired) electrons. The average molecular weight is 397 g/mol. The van der Waals surface area contributed by atoms with E-state index in [2.05, 4.69) is 15.5 Å². The third-order valence-corrected chi connectivity index (χ3v) is 5.11. The van der Waals surface area contributed by atoms with Crippen molar-refractivity contribution in [2.24, 2.45) is 0 Å². The van der Waals surface area contributed by atoms with Gasteiger partial charge in [0.25, 0.3) is 0 Å².